The summed E-state index contributed by atoms with van der Waals surface area (Å²) in [7, 11) is 1.54. The Hall–Kier alpha value is -1.10. The Morgan fingerprint density at radius 2 is 2.07 bits per heavy atom. The zero-order valence-corrected chi connectivity index (χ0v) is 9.70. The number of amides is 1. The van der Waals surface area contributed by atoms with Crippen molar-refractivity contribution in [1.82, 2.24) is 5.32 Å². The number of nitrogens with one attached hydrogen (secondary N) is 1. The van der Waals surface area contributed by atoms with Crippen LogP contribution in [0.25, 0.3) is 0 Å². The second kappa shape index (κ2) is 6.40. The summed E-state index contributed by atoms with van der Waals surface area (Å²) in [6.07, 6.45) is 0.526. The molecule has 0 aliphatic rings. The molecule has 1 N–H and O–H groups in total. The van der Waals surface area contributed by atoms with Crippen LogP contribution >= 0.6 is 0 Å². The summed E-state index contributed by atoms with van der Waals surface area (Å²) < 4.78 is 9.81. The summed E-state index contributed by atoms with van der Waals surface area (Å²) in [5, 5.41) is 2.45. The minimum absolute atomic E-state index is 0.416. The van der Waals surface area contributed by atoms with Gasteiger partial charge < -0.3 is 19.6 Å². The second-order valence-electron chi connectivity index (χ2n) is 4.17. The molecule has 5 nitrogen and oxygen atoms in total. The zero-order chi connectivity index (χ0) is 11.9. The SMILES string of the molecule is COCCC(C=O)NC(=O)OC(C)(C)C. The Bertz CT molecular complexity index is 210. The summed E-state index contributed by atoms with van der Waals surface area (Å²) in [4.78, 5) is 21.8. The summed E-state index contributed by atoms with van der Waals surface area (Å²) in [5.41, 5.74) is -0.557. The number of aldehydes is 1. The van der Waals surface area contributed by atoms with E-state index in [4.69, 9.17) is 9.47 Å². The van der Waals surface area contributed by atoms with Gasteiger partial charge in [-0.05, 0) is 27.2 Å². The maximum Gasteiger partial charge on any atom is 0.408 e. The Balaban J connectivity index is 3.96. The van der Waals surface area contributed by atoms with Crippen LogP contribution in [0.5, 0.6) is 0 Å². The predicted molar refractivity (Wildman–Crippen MR) is 55.7 cm³/mol. The van der Waals surface area contributed by atoms with Crippen LogP contribution < -0.4 is 5.32 Å². The monoisotopic (exact) mass is 217 g/mol. The molecule has 0 heterocycles. The molecule has 0 saturated carbocycles. The van der Waals surface area contributed by atoms with Crippen LogP contribution in [0.1, 0.15) is 27.2 Å². The lowest BCUT2D eigenvalue weighted by atomic mass is 10.2. The number of hydrogen-bond donors (Lipinski definition) is 1. The number of ether oxygens (including phenoxy) is 2. The molecule has 0 radical (unpaired) electrons. The summed E-state index contributed by atoms with van der Waals surface area (Å²) in [6, 6.07) is -0.556. The Labute approximate surface area is 90.1 Å². The van der Waals surface area contributed by atoms with Crippen LogP contribution in [0.3, 0.4) is 0 Å². The molecule has 1 unspecified atom stereocenters. The third-order valence-corrected chi connectivity index (χ3v) is 1.50. The van der Waals surface area contributed by atoms with Gasteiger partial charge in [0.2, 0.25) is 0 Å². The number of hydrogen-bond acceptors (Lipinski definition) is 4. The lowest BCUT2D eigenvalue weighted by molar-refractivity contribution is -0.110. The van der Waals surface area contributed by atoms with E-state index in [1.54, 1.807) is 20.8 Å². The van der Waals surface area contributed by atoms with E-state index in [1.807, 2.05) is 0 Å². The fraction of sp³-hybridized carbons (Fsp3) is 0.800. The van der Waals surface area contributed by atoms with E-state index >= 15 is 0 Å². The summed E-state index contributed by atoms with van der Waals surface area (Å²) in [6.45, 7) is 5.70. The van der Waals surface area contributed by atoms with Crippen LogP contribution in [-0.2, 0) is 14.3 Å². The maximum absolute atomic E-state index is 11.3. The first-order valence-corrected chi connectivity index (χ1v) is 4.83. The lowest BCUT2D eigenvalue weighted by Gasteiger charge is -2.21. The van der Waals surface area contributed by atoms with Crippen LogP contribution in [-0.4, -0.2) is 37.7 Å². The first-order valence-electron chi connectivity index (χ1n) is 4.83. The molecular formula is C10H19NO4. The van der Waals surface area contributed by atoms with Crippen molar-refractivity contribution >= 4 is 12.4 Å². The molecule has 0 saturated heterocycles. The molecule has 0 rings (SSSR count). The highest BCUT2D eigenvalue weighted by molar-refractivity contribution is 5.73. The number of alkyl carbamates (subject to hydrolysis) is 1. The van der Waals surface area contributed by atoms with Gasteiger partial charge in [0.25, 0.3) is 0 Å². The van der Waals surface area contributed by atoms with Crippen molar-refractivity contribution in [1.29, 1.82) is 0 Å². The minimum atomic E-state index is -0.587. The van der Waals surface area contributed by atoms with E-state index in [2.05, 4.69) is 5.32 Å². The first-order chi connectivity index (χ1) is 6.89. The Morgan fingerprint density at radius 1 is 1.47 bits per heavy atom. The molecule has 0 bridgehead atoms. The molecule has 0 aromatic rings. The highest BCUT2D eigenvalue weighted by Gasteiger charge is 2.18. The van der Waals surface area contributed by atoms with Crippen LogP contribution in [0.2, 0.25) is 0 Å². The smallest absolute Gasteiger partial charge is 0.408 e. The number of methoxy groups -OCH3 is 1. The number of rotatable bonds is 5. The molecule has 15 heavy (non-hydrogen) atoms. The molecule has 1 amide bonds. The zero-order valence-electron chi connectivity index (χ0n) is 9.70. The Kier molecular flexibility index (Phi) is 5.93. The molecule has 5 heteroatoms. The molecule has 0 spiro atoms. The molecular weight excluding hydrogens is 198 g/mol. The van der Waals surface area contributed by atoms with E-state index in [0.717, 1.165) is 0 Å². The summed E-state index contributed by atoms with van der Waals surface area (Å²) in [5.74, 6) is 0. The van der Waals surface area contributed by atoms with E-state index in [-0.39, 0.29) is 0 Å². The van der Waals surface area contributed by atoms with Gasteiger partial charge >= 0.3 is 6.09 Å². The predicted octanol–water partition coefficient (Wildman–Crippen LogP) is 1.12. The van der Waals surface area contributed by atoms with Crippen molar-refractivity contribution in [2.45, 2.75) is 38.8 Å². The number of carbonyl (C=O) groups is 2. The van der Waals surface area contributed by atoms with E-state index < -0.39 is 17.7 Å². The largest absolute Gasteiger partial charge is 0.444 e. The highest BCUT2D eigenvalue weighted by Crippen LogP contribution is 2.06. The second-order valence-corrected chi connectivity index (χ2v) is 4.17. The van der Waals surface area contributed by atoms with Crippen molar-refractivity contribution in [3.05, 3.63) is 0 Å². The standard InChI is InChI=1S/C10H19NO4/c1-10(2,3)15-9(13)11-8(7-12)5-6-14-4/h7-8H,5-6H2,1-4H3,(H,11,13). The van der Waals surface area contributed by atoms with Crippen LogP contribution in [0.4, 0.5) is 4.79 Å². The summed E-state index contributed by atoms with van der Waals surface area (Å²) >= 11 is 0. The van der Waals surface area contributed by atoms with Crippen LogP contribution in [0.15, 0.2) is 0 Å². The average molecular weight is 217 g/mol. The molecule has 88 valence electrons. The number of carbonyl (C=O) groups excluding carboxylic acids is 2. The molecule has 1 atom stereocenters. The normalized spacial score (nSPS) is 13.1. The molecule has 0 aromatic heterocycles. The van der Waals surface area contributed by atoms with Crippen molar-refractivity contribution in [3.63, 3.8) is 0 Å². The van der Waals surface area contributed by atoms with Crippen molar-refractivity contribution in [3.8, 4) is 0 Å². The molecule has 0 aromatic carbocycles. The molecule has 0 aliphatic carbocycles. The van der Waals surface area contributed by atoms with Gasteiger partial charge in [-0.1, -0.05) is 0 Å². The third kappa shape index (κ3) is 7.93. The first kappa shape index (κ1) is 13.9. The van der Waals surface area contributed by atoms with Gasteiger partial charge in [-0.15, -0.1) is 0 Å². The maximum atomic E-state index is 11.3. The quantitative estimate of drug-likeness (QED) is 0.701. The average Bonchev–Trinajstić information content (AvgIpc) is 2.09. The van der Waals surface area contributed by atoms with E-state index in [0.29, 0.717) is 19.3 Å². The van der Waals surface area contributed by atoms with Crippen LogP contribution in [0, 0.1) is 0 Å². The lowest BCUT2D eigenvalue weighted by Crippen LogP contribution is -2.40. The topological polar surface area (TPSA) is 64.6 Å². The fourth-order valence-electron chi connectivity index (χ4n) is 0.878. The highest BCUT2D eigenvalue weighted by atomic mass is 16.6. The van der Waals surface area contributed by atoms with Gasteiger partial charge in [-0.2, -0.15) is 0 Å². The van der Waals surface area contributed by atoms with E-state index in [1.165, 1.54) is 7.11 Å². The van der Waals surface area contributed by atoms with E-state index in [9.17, 15) is 9.59 Å². The Morgan fingerprint density at radius 3 is 2.47 bits per heavy atom. The minimum Gasteiger partial charge on any atom is -0.444 e. The van der Waals surface area contributed by atoms with Gasteiger partial charge in [0, 0.05) is 13.7 Å². The molecule has 0 aliphatic heterocycles. The van der Waals surface area contributed by atoms with Crippen molar-refractivity contribution in [2.24, 2.45) is 0 Å². The van der Waals surface area contributed by atoms with Gasteiger partial charge in [-0.25, -0.2) is 4.79 Å². The van der Waals surface area contributed by atoms with Gasteiger partial charge in [0.1, 0.15) is 11.9 Å². The van der Waals surface area contributed by atoms with Gasteiger partial charge in [-0.3, -0.25) is 0 Å². The molecule has 0 fully saturated rings. The third-order valence-electron chi connectivity index (χ3n) is 1.50. The van der Waals surface area contributed by atoms with Gasteiger partial charge in [0.05, 0.1) is 6.04 Å². The fourth-order valence-corrected chi connectivity index (χ4v) is 0.878. The van der Waals surface area contributed by atoms with Crippen molar-refractivity contribution < 1.29 is 19.1 Å². The van der Waals surface area contributed by atoms with Crippen molar-refractivity contribution in [2.75, 3.05) is 13.7 Å². The van der Waals surface area contributed by atoms with Gasteiger partial charge in [0.15, 0.2) is 0 Å².